The van der Waals surface area contributed by atoms with Crippen molar-refractivity contribution in [3.8, 4) is 0 Å². The smallest absolute Gasteiger partial charge is 0.414 e. The molecular formula is C42H56F2N6O10. The molecule has 2 aromatic carbocycles. The van der Waals surface area contributed by atoms with Gasteiger partial charge in [0.15, 0.2) is 23.2 Å². The molecule has 2 saturated heterocycles. The molecule has 2 atom stereocenters. The summed E-state index contributed by atoms with van der Waals surface area (Å²) in [7, 11) is 10.7. The van der Waals surface area contributed by atoms with Crippen LogP contribution >= 0.6 is 0 Å². The van der Waals surface area contributed by atoms with E-state index in [1.807, 2.05) is 33.1 Å². The number of benzene rings is 2. The molecule has 6 rings (SSSR count). The highest BCUT2D eigenvalue weighted by Gasteiger charge is 2.37. The number of rotatable bonds is 10. The number of hydrogen-bond acceptors (Lipinski definition) is 12. The van der Waals surface area contributed by atoms with Crippen LogP contribution in [0.3, 0.4) is 0 Å². The van der Waals surface area contributed by atoms with Crippen molar-refractivity contribution in [2.75, 3.05) is 78.4 Å². The molecule has 0 aromatic heterocycles. The van der Waals surface area contributed by atoms with Gasteiger partial charge in [-0.3, -0.25) is 33.9 Å². The van der Waals surface area contributed by atoms with Crippen molar-refractivity contribution in [2.45, 2.75) is 77.4 Å². The minimum Gasteiger partial charge on any atom is -0.442 e. The molecule has 0 saturated carbocycles. The van der Waals surface area contributed by atoms with Crippen LogP contribution in [-0.4, -0.2) is 133 Å². The van der Waals surface area contributed by atoms with Crippen molar-refractivity contribution in [1.29, 1.82) is 0 Å². The Hall–Kier alpha value is -5.46. The standard InChI is InChI=1S/C20H24FN3O4.C17H19FN2O4.C5H13NO2/c1-12(25)22-9-14-11-24(20(27)28-14)17-8-7-16-15(18(17)21)6-4-5-13(19(16)26)10-23(2)3;1-10(21)19-8-11-9-20(17(23)24-11)14-7-6-12-13(16(14)18)4-2-3-5-15(12)22;1-6(2)5(7-3)8-4/h7-8,10,14H,4-6,9,11H2,1-3H3,(H,22,25);6-7,11H,2-5,8-9H2,1H3,(H,19,21);5H,1-4H3/b13-10+;;/t14-;11-;/m00./s1. The lowest BCUT2D eigenvalue weighted by atomic mass is 9.98. The molecule has 0 radical (unpaired) electrons. The molecule has 2 heterocycles. The zero-order valence-electron chi connectivity index (χ0n) is 35.5. The molecule has 60 heavy (non-hydrogen) atoms. The molecule has 4 amide bonds. The van der Waals surface area contributed by atoms with Gasteiger partial charge in [-0.2, -0.15) is 0 Å². The third-order valence-electron chi connectivity index (χ3n) is 9.96. The number of carbonyl (C=O) groups is 6. The first-order chi connectivity index (χ1) is 28.5. The first-order valence-corrected chi connectivity index (χ1v) is 19.7. The minimum atomic E-state index is -0.664. The van der Waals surface area contributed by atoms with Gasteiger partial charge in [0.05, 0.1) is 37.6 Å². The Morgan fingerprint density at radius 1 is 0.750 bits per heavy atom. The first-order valence-electron chi connectivity index (χ1n) is 19.7. The second-order valence-corrected chi connectivity index (χ2v) is 15.1. The highest BCUT2D eigenvalue weighted by Crippen LogP contribution is 2.34. The van der Waals surface area contributed by atoms with Crippen LogP contribution in [0.1, 0.15) is 77.8 Å². The van der Waals surface area contributed by atoms with Crippen molar-refractivity contribution in [2.24, 2.45) is 0 Å². The van der Waals surface area contributed by atoms with Crippen LogP contribution in [0.25, 0.3) is 0 Å². The number of hydrogen-bond donors (Lipinski definition) is 2. The van der Waals surface area contributed by atoms with Crippen molar-refractivity contribution in [3.05, 3.63) is 69.9 Å². The largest absolute Gasteiger partial charge is 0.442 e. The molecule has 2 N–H and O–H groups in total. The number of methoxy groups -OCH3 is 2. The summed E-state index contributed by atoms with van der Waals surface area (Å²) in [5, 5.41) is 5.16. The van der Waals surface area contributed by atoms with Gasteiger partial charge in [-0.1, -0.05) is 0 Å². The molecule has 2 aliphatic carbocycles. The fourth-order valence-electron chi connectivity index (χ4n) is 7.18. The molecular weight excluding hydrogens is 786 g/mol. The van der Waals surface area contributed by atoms with E-state index in [1.54, 1.807) is 37.5 Å². The van der Waals surface area contributed by atoms with Crippen molar-refractivity contribution in [3.63, 3.8) is 0 Å². The van der Waals surface area contributed by atoms with Crippen LogP contribution < -0.4 is 20.4 Å². The number of ether oxygens (including phenoxy) is 4. The van der Waals surface area contributed by atoms with Gasteiger partial charge in [-0.15, -0.1) is 0 Å². The van der Waals surface area contributed by atoms with E-state index in [1.165, 1.54) is 35.8 Å². The van der Waals surface area contributed by atoms with E-state index >= 15 is 4.39 Å². The van der Waals surface area contributed by atoms with E-state index in [4.69, 9.17) is 18.9 Å². The summed E-state index contributed by atoms with van der Waals surface area (Å²) in [6.07, 6.45) is 3.21. The normalized spacial score (nSPS) is 19.3. The first kappa shape index (κ1) is 47.2. The fourth-order valence-corrected chi connectivity index (χ4v) is 7.18. The predicted octanol–water partition coefficient (Wildman–Crippen LogP) is 4.57. The van der Waals surface area contributed by atoms with E-state index in [2.05, 4.69) is 10.6 Å². The number of allylic oxidation sites excluding steroid dienone is 1. The van der Waals surface area contributed by atoms with Crippen molar-refractivity contribution < 1.29 is 56.5 Å². The van der Waals surface area contributed by atoms with Crippen LogP contribution in [0.15, 0.2) is 36.0 Å². The summed E-state index contributed by atoms with van der Waals surface area (Å²) in [6.45, 7) is 3.38. The highest BCUT2D eigenvalue weighted by atomic mass is 19.1. The van der Waals surface area contributed by atoms with Gasteiger partial charge in [-0.05, 0) is 76.9 Å². The summed E-state index contributed by atoms with van der Waals surface area (Å²) < 4.78 is 50.3. The number of cyclic esters (lactones) is 2. The van der Waals surface area contributed by atoms with Crippen LogP contribution in [0, 0.1) is 11.6 Å². The Balaban J connectivity index is 0.000000226. The van der Waals surface area contributed by atoms with Crippen molar-refractivity contribution in [1.82, 2.24) is 20.4 Å². The fraction of sp³-hybridized carbons (Fsp3) is 0.524. The third kappa shape index (κ3) is 12.1. The van der Waals surface area contributed by atoms with Gasteiger partial charge in [0.2, 0.25) is 18.2 Å². The number of Topliss-reactive ketones (excluding diaryl/α,β-unsaturated/α-hetero) is 2. The molecule has 328 valence electrons. The number of ketones is 2. The van der Waals surface area contributed by atoms with Crippen LogP contribution in [0.4, 0.5) is 29.7 Å². The Labute approximate surface area is 349 Å². The number of halogens is 2. The summed E-state index contributed by atoms with van der Waals surface area (Å²) in [5.74, 6) is -1.78. The zero-order valence-corrected chi connectivity index (χ0v) is 35.5. The van der Waals surface area contributed by atoms with E-state index in [9.17, 15) is 33.2 Å². The lowest BCUT2D eigenvalue weighted by molar-refractivity contribution is -0.179. The Bertz CT molecular complexity index is 1950. The molecule has 0 unspecified atom stereocenters. The molecule has 4 aliphatic rings. The maximum Gasteiger partial charge on any atom is 0.414 e. The number of fused-ring (bicyclic) bond motifs is 2. The number of amides is 4. The maximum absolute atomic E-state index is 15.3. The number of carbonyl (C=O) groups excluding carboxylic acids is 6. The van der Waals surface area contributed by atoms with Gasteiger partial charge in [0, 0.05) is 82.6 Å². The molecule has 2 aromatic rings. The Morgan fingerprint density at radius 2 is 1.22 bits per heavy atom. The monoisotopic (exact) mass is 842 g/mol. The van der Waals surface area contributed by atoms with E-state index < -0.39 is 36.0 Å². The van der Waals surface area contributed by atoms with Crippen molar-refractivity contribution >= 4 is 46.9 Å². The quantitative estimate of drug-likeness (QED) is 0.194. The number of nitrogens with one attached hydrogen (secondary N) is 2. The summed E-state index contributed by atoms with van der Waals surface area (Å²) in [4.78, 5) is 77.2. The van der Waals surface area contributed by atoms with E-state index in [-0.39, 0.29) is 67.3 Å². The zero-order chi connectivity index (χ0) is 44.3. The third-order valence-corrected chi connectivity index (χ3v) is 9.96. The SMILES string of the molecule is CC(=O)NC[C@H]1CN(c2ccc3c(c2F)CCC/C(=C\N(C)C)C3=O)C(=O)O1.CC(=O)NC[C@H]1CN(c2ccc3c(c2F)CCCCC3=O)C(=O)O1.COC(OC)N(C)C. The lowest BCUT2D eigenvalue weighted by Crippen LogP contribution is -2.33. The van der Waals surface area contributed by atoms with Gasteiger partial charge in [-0.25, -0.2) is 18.4 Å². The van der Waals surface area contributed by atoms with Gasteiger partial charge >= 0.3 is 12.2 Å². The number of nitrogens with zero attached hydrogens (tertiary/aromatic N) is 4. The number of anilines is 2. The summed E-state index contributed by atoms with van der Waals surface area (Å²) >= 11 is 0. The molecule has 2 aliphatic heterocycles. The highest BCUT2D eigenvalue weighted by molar-refractivity contribution is 6.10. The van der Waals surface area contributed by atoms with Gasteiger partial charge in [0.1, 0.15) is 12.2 Å². The topological polar surface area (TPSA) is 176 Å². The second kappa shape index (κ2) is 21.7. The molecule has 16 nitrogen and oxygen atoms in total. The maximum atomic E-state index is 15.3. The average Bonchev–Trinajstić information content (AvgIpc) is 3.63. The summed E-state index contributed by atoms with van der Waals surface area (Å²) in [6, 6.07) is 6.08. The van der Waals surface area contributed by atoms with Gasteiger partial charge in [0.25, 0.3) is 0 Å². The molecule has 2 fully saturated rings. The minimum absolute atomic E-state index is 0.0551. The van der Waals surface area contributed by atoms with Gasteiger partial charge < -0.3 is 34.5 Å². The summed E-state index contributed by atoms with van der Waals surface area (Å²) in [5.41, 5.74) is 2.34. The van der Waals surface area contributed by atoms with Crippen LogP contribution in [0.2, 0.25) is 0 Å². The van der Waals surface area contributed by atoms with E-state index in [0.29, 0.717) is 59.9 Å². The van der Waals surface area contributed by atoms with E-state index in [0.717, 1.165) is 12.8 Å². The molecule has 0 spiro atoms. The molecule has 0 bridgehead atoms. The second-order valence-electron chi connectivity index (χ2n) is 15.1. The lowest BCUT2D eigenvalue weighted by Gasteiger charge is -2.19. The molecule has 18 heteroatoms. The van der Waals surface area contributed by atoms with Crippen LogP contribution in [-0.2, 0) is 41.4 Å². The Kier molecular flexibility index (Phi) is 17.1. The average molecular weight is 843 g/mol. The Morgan fingerprint density at radius 3 is 1.67 bits per heavy atom. The van der Waals surface area contributed by atoms with Crippen LogP contribution in [0.5, 0.6) is 0 Å². The predicted molar refractivity (Wildman–Crippen MR) is 218 cm³/mol.